The smallest absolute Gasteiger partial charge is 0.360 e. The average molecular weight is 285 g/mol. The lowest BCUT2D eigenvalue weighted by Crippen LogP contribution is -2.16. The summed E-state index contributed by atoms with van der Waals surface area (Å²) in [4.78, 5) is 0. The van der Waals surface area contributed by atoms with E-state index in [1.54, 1.807) is 0 Å². The van der Waals surface area contributed by atoms with Crippen molar-refractivity contribution in [3.63, 3.8) is 0 Å². The Morgan fingerprint density at radius 2 is 1.60 bits per heavy atom. The van der Waals surface area contributed by atoms with Crippen molar-refractivity contribution >= 4 is 0 Å². The number of hydrogen-bond donors (Lipinski definition) is 1. The van der Waals surface area contributed by atoms with Gasteiger partial charge >= 0.3 is 6.48 Å². The molecule has 0 amide bonds. The van der Waals surface area contributed by atoms with Gasteiger partial charge < -0.3 is 19.9 Å². The van der Waals surface area contributed by atoms with Gasteiger partial charge in [0, 0.05) is 0 Å². The highest BCUT2D eigenvalue weighted by atomic mass is 16.9. The van der Waals surface area contributed by atoms with Gasteiger partial charge in [0.15, 0.2) is 5.76 Å². The van der Waals surface area contributed by atoms with Crippen LogP contribution in [0.25, 0.3) is 0 Å². The van der Waals surface area contributed by atoms with Gasteiger partial charge in [-0.15, -0.1) is 0 Å². The Morgan fingerprint density at radius 3 is 2.15 bits per heavy atom. The molecule has 4 heteroatoms. The molecule has 0 aromatic rings. The summed E-state index contributed by atoms with van der Waals surface area (Å²) in [5.74, 6) is 0.651. The van der Waals surface area contributed by atoms with Gasteiger partial charge in [-0.2, -0.15) is 0 Å². The third-order valence-corrected chi connectivity index (χ3v) is 3.51. The Morgan fingerprint density at radius 1 is 1.00 bits per heavy atom. The van der Waals surface area contributed by atoms with Crippen molar-refractivity contribution in [1.29, 1.82) is 0 Å². The van der Waals surface area contributed by atoms with E-state index < -0.39 is 6.48 Å². The molecule has 1 unspecified atom stereocenters. The van der Waals surface area contributed by atoms with E-state index in [1.165, 1.54) is 64.0 Å². The molecule has 20 heavy (non-hydrogen) atoms. The second-order valence-corrected chi connectivity index (χ2v) is 5.38. The maximum absolute atomic E-state index is 5.45. The summed E-state index contributed by atoms with van der Waals surface area (Å²) >= 11 is 0. The van der Waals surface area contributed by atoms with Crippen LogP contribution in [0, 0.1) is 0 Å². The van der Waals surface area contributed by atoms with Gasteiger partial charge in [0.25, 0.3) is 0 Å². The van der Waals surface area contributed by atoms with Crippen LogP contribution in [0.4, 0.5) is 0 Å². The van der Waals surface area contributed by atoms with Gasteiger partial charge in [-0.25, -0.2) is 0 Å². The zero-order valence-corrected chi connectivity index (χ0v) is 12.9. The molecular weight excluding hydrogens is 254 g/mol. The monoisotopic (exact) mass is 285 g/mol. The lowest BCUT2D eigenvalue weighted by molar-refractivity contribution is -0.223. The van der Waals surface area contributed by atoms with E-state index in [0.29, 0.717) is 18.9 Å². The van der Waals surface area contributed by atoms with Crippen LogP contribution in [0.2, 0.25) is 0 Å². The normalized spacial score (nSPS) is 17.7. The largest absolute Gasteiger partial charge is 0.437 e. The van der Waals surface area contributed by atoms with E-state index >= 15 is 0 Å². The number of unbranched alkanes of at least 4 members (excludes halogenated alkanes) is 9. The van der Waals surface area contributed by atoms with Crippen LogP contribution < -0.4 is 5.73 Å². The molecule has 0 saturated carbocycles. The van der Waals surface area contributed by atoms with E-state index in [1.807, 2.05) is 0 Å². The Labute approximate surface area is 123 Å². The lowest BCUT2D eigenvalue weighted by atomic mass is 10.1. The fourth-order valence-corrected chi connectivity index (χ4v) is 2.25. The van der Waals surface area contributed by atoms with Crippen LogP contribution in [-0.2, 0) is 14.2 Å². The minimum Gasteiger partial charge on any atom is -0.437 e. The molecule has 0 aliphatic carbocycles. The van der Waals surface area contributed by atoms with Crippen molar-refractivity contribution in [3.8, 4) is 0 Å². The Balaban J connectivity index is 1.75. The highest BCUT2D eigenvalue weighted by Gasteiger charge is 2.18. The second kappa shape index (κ2) is 12.0. The van der Waals surface area contributed by atoms with Crippen LogP contribution >= 0.6 is 0 Å². The van der Waals surface area contributed by atoms with Gasteiger partial charge in [-0.3, -0.25) is 0 Å². The van der Waals surface area contributed by atoms with Crippen molar-refractivity contribution in [2.75, 3.05) is 13.2 Å². The summed E-state index contributed by atoms with van der Waals surface area (Å²) in [5, 5.41) is 0. The van der Waals surface area contributed by atoms with Crippen molar-refractivity contribution in [3.05, 3.63) is 12.0 Å². The highest BCUT2D eigenvalue weighted by Crippen LogP contribution is 2.15. The first kappa shape index (κ1) is 17.3. The summed E-state index contributed by atoms with van der Waals surface area (Å²) in [7, 11) is 0. The first-order chi connectivity index (χ1) is 9.86. The Kier molecular flexibility index (Phi) is 10.4. The molecule has 0 fully saturated rings. The average Bonchev–Trinajstić information content (AvgIpc) is 2.93. The second-order valence-electron chi connectivity index (χ2n) is 5.38. The fraction of sp³-hybridized carbons (Fsp3) is 0.875. The predicted octanol–water partition coefficient (Wildman–Crippen LogP) is 4.05. The molecule has 1 aliphatic heterocycles. The van der Waals surface area contributed by atoms with Crippen molar-refractivity contribution in [2.45, 2.75) is 77.6 Å². The van der Waals surface area contributed by atoms with Gasteiger partial charge in [0.2, 0.25) is 0 Å². The maximum atomic E-state index is 5.45. The van der Waals surface area contributed by atoms with Crippen LogP contribution in [0.3, 0.4) is 0 Å². The molecule has 0 radical (unpaired) electrons. The van der Waals surface area contributed by atoms with E-state index in [9.17, 15) is 0 Å². The molecule has 0 spiro atoms. The summed E-state index contributed by atoms with van der Waals surface area (Å²) in [6, 6.07) is 0. The van der Waals surface area contributed by atoms with E-state index in [-0.39, 0.29) is 0 Å². The van der Waals surface area contributed by atoms with E-state index in [4.69, 9.17) is 19.9 Å². The fourth-order valence-electron chi connectivity index (χ4n) is 2.25. The van der Waals surface area contributed by atoms with Gasteiger partial charge in [-0.1, -0.05) is 64.7 Å². The minimum absolute atomic E-state index is 0.359. The number of nitrogens with two attached hydrogens (primary N) is 1. The van der Waals surface area contributed by atoms with E-state index in [0.717, 1.165) is 6.42 Å². The molecule has 4 nitrogen and oxygen atoms in total. The molecule has 1 heterocycles. The molecule has 0 bridgehead atoms. The minimum atomic E-state index is -0.577. The first-order valence-electron chi connectivity index (χ1n) is 8.19. The van der Waals surface area contributed by atoms with Crippen molar-refractivity contribution in [1.82, 2.24) is 0 Å². The molecular formula is C16H31NO3. The third-order valence-electron chi connectivity index (χ3n) is 3.51. The van der Waals surface area contributed by atoms with Crippen LogP contribution in [0.1, 0.15) is 71.1 Å². The Bertz CT molecular complexity index is 256. The van der Waals surface area contributed by atoms with Crippen molar-refractivity contribution in [2.24, 2.45) is 5.73 Å². The predicted molar refractivity (Wildman–Crippen MR) is 80.9 cm³/mol. The zero-order valence-electron chi connectivity index (χ0n) is 12.9. The topological polar surface area (TPSA) is 53.7 Å². The Hall–Kier alpha value is -0.740. The van der Waals surface area contributed by atoms with Gasteiger partial charge in [0.1, 0.15) is 6.26 Å². The molecule has 1 atom stereocenters. The molecule has 0 aromatic heterocycles. The molecule has 1 rings (SSSR count). The number of ether oxygens (including phenoxy) is 3. The molecule has 2 N–H and O–H groups in total. The van der Waals surface area contributed by atoms with Gasteiger partial charge in [-0.05, 0) is 6.42 Å². The zero-order chi connectivity index (χ0) is 14.5. The molecule has 0 aromatic carbocycles. The quantitative estimate of drug-likeness (QED) is 0.519. The third kappa shape index (κ3) is 8.43. The van der Waals surface area contributed by atoms with E-state index in [2.05, 4.69) is 6.92 Å². The number of hydrogen-bond acceptors (Lipinski definition) is 4. The first-order valence-corrected chi connectivity index (χ1v) is 8.19. The number of rotatable bonds is 13. The summed E-state index contributed by atoms with van der Waals surface area (Å²) in [5.41, 5.74) is 5.43. The lowest BCUT2D eigenvalue weighted by Gasteiger charge is -2.11. The molecule has 1 aliphatic rings. The highest BCUT2D eigenvalue weighted by molar-refractivity contribution is 4.92. The summed E-state index contributed by atoms with van der Waals surface area (Å²) in [6.07, 6.45) is 14.8. The van der Waals surface area contributed by atoms with Gasteiger partial charge in [0.05, 0.1) is 13.2 Å². The van der Waals surface area contributed by atoms with Crippen molar-refractivity contribution < 1.29 is 14.2 Å². The van der Waals surface area contributed by atoms with Crippen LogP contribution in [0.15, 0.2) is 12.0 Å². The summed E-state index contributed by atoms with van der Waals surface area (Å²) in [6.45, 7) is 2.73. The standard InChI is InChI=1S/C16H31NO3/c1-2-3-4-5-6-7-8-9-10-11-12-18-16-19-14-15(13-17)20-16/h14,16H,2-13,17H2,1H3. The maximum Gasteiger partial charge on any atom is 0.360 e. The summed E-state index contributed by atoms with van der Waals surface area (Å²) < 4.78 is 15.9. The SMILES string of the molecule is CCCCCCCCCCCCOC1OC=C(CN)O1. The molecule has 0 saturated heterocycles. The van der Waals surface area contributed by atoms with Crippen LogP contribution in [0.5, 0.6) is 0 Å². The molecule has 118 valence electrons. The van der Waals surface area contributed by atoms with Crippen LogP contribution in [-0.4, -0.2) is 19.6 Å².